The fourth-order valence-corrected chi connectivity index (χ4v) is 1.55. The van der Waals surface area contributed by atoms with Crippen LogP contribution in [0.5, 0.6) is 0 Å². The summed E-state index contributed by atoms with van der Waals surface area (Å²) in [7, 11) is 0. The molecular formula is C12H11FN4. The lowest BCUT2D eigenvalue weighted by molar-refractivity contribution is 0.627. The summed E-state index contributed by atoms with van der Waals surface area (Å²) in [5.41, 5.74) is 1.88. The molecule has 0 aliphatic heterocycles. The second-order valence-electron chi connectivity index (χ2n) is 3.70. The first-order chi connectivity index (χ1) is 8.20. The van der Waals surface area contributed by atoms with Gasteiger partial charge in [-0.1, -0.05) is 0 Å². The number of rotatable bonds is 3. The zero-order valence-corrected chi connectivity index (χ0v) is 9.24. The summed E-state index contributed by atoms with van der Waals surface area (Å²) in [5, 5.41) is 18.6. The van der Waals surface area contributed by atoms with Gasteiger partial charge >= 0.3 is 0 Å². The van der Waals surface area contributed by atoms with Crippen LogP contribution in [0.15, 0.2) is 30.6 Å². The largest absolute Gasteiger partial charge is 0.377 e. The Bertz CT molecular complexity index is 542. The molecule has 1 heterocycles. The number of nitrogens with zero attached hydrogens (tertiary/aromatic N) is 2. The first-order valence-corrected chi connectivity index (χ1v) is 5.15. The highest BCUT2D eigenvalue weighted by molar-refractivity contribution is 5.58. The highest BCUT2D eigenvalue weighted by Crippen LogP contribution is 2.22. The number of anilines is 1. The fraction of sp³-hybridized carbons (Fsp3) is 0.167. The number of benzene rings is 1. The summed E-state index contributed by atoms with van der Waals surface area (Å²) in [5.74, 6) is -0.414. The van der Waals surface area contributed by atoms with Crippen molar-refractivity contribution in [3.05, 3.63) is 47.5 Å². The molecule has 2 N–H and O–H groups in total. The van der Waals surface area contributed by atoms with Crippen molar-refractivity contribution in [2.45, 2.75) is 13.0 Å². The Labute approximate surface area is 98.1 Å². The first-order valence-electron chi connectivity index (χ1n) is 5.15. The van der Waals surface area contributed by atoms with E-state index >= 15 is 0 Å². The molecule has 0 saturated carbocycles. The number of H-pyrrole nitrogens is 1. The Morgan fingerprint density at radius 3 is 3.00 bits per heavy atom. The molecule has 1 atom stereocenters. The van der Waals surface area contributed by atoms with E-state index in [2.05, 4.69) is 15.5 Å². The van der Waals surface area contributed by atoms with Gasteiger partial charge in [-0.15, -0.1) is 0 Å². The van der Waals surface area contributed by atoms with Crippen LogP contribution in [0, 0.1) is 17.1 Å². The van der Waals surface area contributed by atoms with Gasteiger partial charge in [0.25, 0.3) is 0 Å². The summed E-state index contributed by atoms with van der Waals surface area (Å²) < 4.78 is 13.0. The summed E-state index contributed by atoms with van der Waals surface area (Å²) in [4.78, 5) is 0. The number of aromatic nitrogens is 2. The first kappa shape index (κ1) is 11.1. The van der Waals surface area contributed by atoms with Crippen LogP contribution in [-0.4, -0.2) is 10.2 Å². The Balaban J connectivity index is 2.22. The molecule has 4 nitrogen and oxygen atoms in total. The Hall–Kier alpha value is -2.35. The number of nitriles is 1. The lowest BCUT2D eigenvalue weighted by atomic mass is 10.1. The summed E-state index contributed by atoms with van der Waals surface area (Å²) >= 11 is 0. The molecule has 1 aromatic heterocycles. The number of hydrogen-bond acceptors (Lipinski definition) is 3. The highest BCUT2D eigenvalue weighted by Gasteiger charge is 2.09. The quantitative estimate of drug-likeness (QED) is 0.851. The fourth-order valence-electron chi connectivity index (χ4n) is 1.55. The van der Waals surface area contributed by atoms with E-state index in [0.29, 0.717) is 11.3 Å². The van der Waals surface area contributed by atoms with Crippen LogP contribution in [0.25, 0.3) is 0 Å². The normalized spacial score (nSPS) is 11.8. The van der Waals surface area contributed by atoms with Gasteiger partial charge in [0, 0.05) is 11.8 Å². The van der Waals surface area contributed by atoms with Gasteiger partial charge in [0.2, 0.25) is 0 Å². The smallest absolute Gasteiger partial charge is 0.124 e. The van der Waals surface area contributed by atoms with Crippen molar-refractivity contribution in [3.63, 3.8) is 0 Å². The van der Waals surface area contributed by atoms with Crippen molar-refractivity contribution < 1.29 is 4.39 Å². The van der Waals surface area contributed by atoms with E-state index in [1.165, 1.54) is 12.1 Å². The molecule has 0 bridgehead atoms. The third-order valence-electron chi connectivity index (χ3n) is 2.49. The van der Waals surface area contributed by atoms with Crippen LogP contribution < -0.4 is 5.32 Å². The van der Waals surface area contributed by atoms with Crippen LogP contribution in [0.4, 0.5) is 10.1 Å². The molecule has 0 amide bonds. The Kier molecular flexibility index (Phi) is 3.06. The summed E-state index contributed by atoms with van der Waals surface area (Å²) in [6.45, 7) is 1.94. The van der Waals surface area contributed by atoms with Gasteiger partial charge in [-0.3, -0.25) is 5.10 Å². The van der Waals surface area contributed by atoms with Crippen molar-refractivity contribution in [3.8, 4) is 6.07 Å². The second-order valence-corrected chi connectivity index (χ2v) is 3.70. The Morgan fingerprint density at radius 2 is 2.35 bits per heavy atom. The summed E-state index contributed by atoms with van der Waals surface area (Å²) in [6, 6.07) is 6.05. The van der Waals surface area contributed by atoms with Gasteiger partial charge in [0.15, 0.2) is 0 Å². The van der Waals surface area contributed by atoms with E-state index in [1.54, 1.807) is 18.5 Å². The lowest BCUT2D eigenvalue weighted by Crippen LogP contribution is -2.07. The zero-order valence-electron chi connectivity index (χ0n) is 9.24. The van der Waals surface area contributed by atoms with Crippen LogP contribution in [0.1, 0.15) is 24.1 Å². The van der Waals surface area contributed by atoms with Gasteiger partial charge in [-0.25, -0.2) is 4.39 Å². The molecule has 2 aromatic rings. The van der Waals surface area contributed by atoms with E-state index in [4.69, 9.17) is 5.26 Å². The van der Waals surface area contributed by atoms with Gasteiger partial charge in [0.1, 0.15) is 11.9 Å². The standard InChI is InChI=1S/C12H11FN4/c1-8(10-6-15-16-7-10)17-12-3-2-11(13)4-9(12)5-14/h2-4,6-8,17H,1H3,(H,15,16). The predicted octanol–water partition coefficient (Wildman–Crippen LogP) is 2.59. The van der Waals surface area contributed by atoms with Gasteiger partial charge < -0.3 is 5.32 Å². The zero-order chi connectivity index (χ0) is 12.3. The Morgan fingerprint density at radius 1 is 1.53 bits per heavy atom. The van der Waals surface area contributed by atoms with Crippen LogP contribution in [-0.2, 0) is 0 Å². The molecular weight excluding hydrogens is 219 g/mol. The number of nitrogens with one attached hydrogen (secondary N) is 2. The molecule has 2 rings (SSSR count). The highest BCUT2D eigenvalue weighted by atomic mass is 19.1. The number of aromatic amines is 1. The van der Waals surface area contributed by atoms with Crippen LogP contribution in [0.3, 0.4) is 0 Å². The van der Waals surface area contributed by atoms with Crippen molar-refractivity contribution in [2.24, 2.45) is 0 Å². The van der Waals surface area contributed by atoms with E-state index in [0.717, 1.165) is 5.56 Å². The third-order valence-corrected chi connectivity index (χ3v) is 2.49. The molecule has 0 radical (unpaired) electrons. The number of hydrogen-bond donors (Lipinski definition) is 2. The van der Waals surface area contributed by atoms with Crippen molar-refractivity contribution >= 4 is 5.69 Å². The molecule has 0 aliphatic carbocycles. The SMILES string of the molecule is CC(Nc1ccc(F)cc1C#N)c1cn[nH]c1. The molecule has 86 valence electrons. The van der Waals surface area contributed by atoms with Crippen molar-refractivity contribution in [1.29, 1.82) is 5.26 Å². The molecule has 5 heteroatoms. The minimum Gasteiger partial charge on any atom is -0.377 e. The average Bonchev–Trinajstić information content (AvgIpc) is 2.85. The van der Waals surface area contributed by atoms with E-state index in [9.17, 15) is 4.39 Å². The molecule has 0 spiro atoms. The van der Waals surface area contributed by atoms with E-state index in [-0.39, 0.29) is 6.04 Å². The average molecular weight is 230 g/mol. The minimum absolute atomic E-state index is 0.00805. The topological polar surface area (TPSA) is 64.5 Å². The van der Waals surface area contributed by atoms with E-state index < -0.39 is 5.82 Å². The molecule has 0 aliphatic rings. The van der Waals surface area contributed by atoms with Crippen molar-refractivity contribution in [2.75, 3.05) is 5.32 Å². The molecule has 0 saturated heterocycles. The van der Waals surface area contributed by atoms with E-state index in [1.807, 2.05) is 13.0 Å². The lowest BCUT2D eigenvalue weighted by Gasteiger charge is -2.14. The molecule has 1 unspecified atom stereocenters. The maximum Gasteiger partial charge on any atom is 0.124 e. The molecule has 0 fully saturated rings. The van der Waals surface area contributed by atoms with Crippen LogP contribution >= 0.6 is 0 Å². The molecule has 17 heavy (non-hydrogen) atoms. The van der Waals surface area contributed by atoms with Crippen molar-refractivity contribution in [1.82, 2.24) is 10.2 Å². The van der Waals surface area contributed by atoms with Crippen LogP contribution in [0.2, 0.25) is 0 Å². The number of halogens is 1. The second kappa shape index (κ2) is 4.66. The monoisotopic (exact) mass is 230 g/mol. The van der Waals surface area contributed by atoms with Gasteiger partial charge in [-0.05, 0) is 25.1 Å². The van der Waals surface area contributed by atoms with Gasteiger partial charge in [-0.2, -0.15) is 10.4 Å². The molecule has 1 aromatic carbocycles. The predicted molar refractivity (Wildman–Crippen MR) is 61.7 cm³/mol. The summed E-state index contributed by atoms with van der Waals surface area (Å²) in [6.07, 6.45) is 3.47. The third kappa shape index (κ3) is 2.42. The van der Waals surface area contributed by atoms with Gasteiger partial charge in [0.05, 0.1) is 23.5 Å². The maximum atomic E-state index is 13.0. The minimum atomic E-state index is -0.414. The maximum absolute atomic E-state index is 13.0.